The van der Waals surface area contributed by atoms with Crippen LogP contribution in [0.25, 0.3) is 0 Å². The molecule has 2 fully saturated rings. The molecule has 0 spiro atoms. The molecule has 2 N–H and O–H groups in total. The fourth-order valence-corrected chi connectivity index (χ4v) is 2.07. The highest BCUT2D eigenvalue weighted by Crippen LogP contribution is 2.27. The van der Waals surface area contributed by atoms with Crippen molar-refractivity contribution in [1.82, 2.24) is 15.1 Å². The highest BCUT2D eigenvalue weighted by Gasteiger charge is 2.32. The molecule has 6 heteroatoms. The number of piperazine rings is 1. The van der Waals surface area contributed by atoms with E-state index in [-0.39, 0.29) is 6.03 Å². The SMILES string of the molecule is C[C@H](NC(=O)N1CCN(C2CC2)CC1)C(=O)O. The van der Waals surface area contributed by atoms with E-state index in [0.717, 1.165) is 19.1 Å². The molecule has 2 amide bonds. The standard InChI is InChI=1S/C11H19N3O3/c1-8(10(15)16)12-11(17)14-6-4-13(5-7-14)9-2-3-9/h8-9H,2-7H2,1H3,(H,12,17)(H,15,16)/t8-/m0/s1. The summed E-state index contributed by atoms with van der Waals surface area (Å²) in [5.41, 5.74) is 0. The number of nitrogens with one attached hydrogen (secondary N) is 1. The summed E-state index contributed by atoms with van der Waals surface area (Å²) >= 11 is 0. The molecule has 1 saturated heterocycles. The van der Waals surface area contributed by atoms with Crippen LogP contribution in [0.3, 0.4) is 0 Å². The van der Waals surface area contributed by atoms with Crippen molar-refractivity contribution in [3.8, 4) is 0 Å². The molecule has 1 atom stereocenters. The summed E-state index contributed by atoms with van der Waals surface area (Å²) in [5, 5.41) is 11.2. The zero-order valence-electron chi connectivity index (χ0n) is 10.1. The molecular formula is C11H19N3O3. The first-order chi connectivity index (χ1) is 8.08. The Kier molecular flexibility index (Phi) is 3.51. The number of carboxylic acids is 1. The molecule has 2 rings (SSSR count). The van der Waals surface area contributed by atoms with Crippen LogP contribution in [0.2, 0.25) is 0 Å². The molecule has 1 aliphatic carbocycles. The van der Waals surface area contributed by atoms with Gasteiger partial charge in [0.2, 0.25) is 0 Å². The van der Waals surface area contributed by atoms with Crippen LogP contribution in [0, 0.1) is 0 Å². The van der Waals surface area contributed by atoms with Crippen LogP contribution in [0.4, 0.5) is 4.79 Å². The van der Waals surface area contributed by atoms with Crippen molar-refractivity contribution in [3.63, 3.8) is 0 Å². The number of carbonyl (C=O) groups excluding carboxylic acids is 1. The van der Waals surface area contributed by atoms with Gasteiger partial charge in [0.25, 0.3) is 0 Å². The maximum absolute atomic E-state index is 11.7. The molecule has 0 bridgehead atoms. The van der Waals surface area contributed by atoms with Crippen molar-refractivity contribution in [2.24, 2.45) is 0 Å². The minimum atomic E-state index is -1.00. The van der Waals surface area contributed by atoms with Crippen LogP contribution < -0.4 is 5.32 Å². The van der Waals surface area contributed by atoms with Gasteiger partial charge in [0.05, 0.1) is 0 Å². The Hall–Kier alpha value is -1.30. The van der Waals surface area contributed by atoms with Gasteiger partial charge in [-0.25, -0.2) is 4.79 Å². The second-order valence-corrected chi connectivity index (χ2v) is 4.76. The van der Waals surface area contributed by atoms with E-state index in [1.54, 1.807) is 4.90 Å². The lowest BCUT2D eigenvalue weighted by Gasteiger charge is -2.35. The summed E-state index contributed by atoms with van der Waals surface area (Å²) in [4.78, 5) is 26.5. The molecule has 6 nitrogen and oxygen atoms in total. The highest BCUT2D eigenvalue weighted by atomic mass is 16.4. The molecular weight excluding hydrogens is 222 g/mol. The van der Waals surface area contributed by atoms with Crippen molar-refractivity contribution < 1.29 is 14.7 Å². The molecule has 0 radical (unpaired) electrons. The normalized spacial score (nSPS) is 23.2. The number of rotatable bonds is 3. The van der Waals surface area contributed by atoms with Gasteiger partial charge in [0, 0.05) is 32.2 Å². The zero-order valence-corrected chi connectivity index (χ0v) is 10.1. The second kappa shape index (κ2) is 4.91. The van der Waals surface area contributed by atoms with Gasteiger partial charge >= 0.3 is 12.0 Å². The van der Waals surface area contributed by atoms with Crippen LogP contribution in [-0.2, 0) is 4.79 Å². The molecule has 96 valence electrons. The zero-order chi connectivity index (χ0) is 12.4. The van der Waals surface area contributed by atoms with E-state index in [0.29, 0.717) is 13.1 Å². The Bertz CT molecular complexity index is 309. The van der Waals surface area contributed by atoms with E-state index in [1.165, 1.54) is 19.8 Å². The molecule has 2 aliphatic rings. The Labute approximate surface area is 101 Å². The number of aliphatic carboxylic acids is 1. The first kappa shape index (κ1) is 12.2. The Balaban J connectivity index is 1.75. The molecule has 0 unspecified atom stereocenters. The number of hydrogen-bond donors (Lipinski definition) is 2. The van der Waals surface area contributed by atoms with E-state index < -0.39 is 12.0 Å². The molecule has 1 saturated carbocycles. The van der Waals surface area contributed by atoms with Crippen LogP contribution in [-0.4, -0.2) is 65.2 Å². The van der Waals surface area contributed by atoms with Gasteiger partial charge in [-0.1, -0.05) is 0 Å². The van der Waals surface area contributed by atoms with E-state index in [9.17, 15) is 9.59 Å². The summed E-state index contributed by atoms with van der Waals surface area (Å²) in [6, 6.07) is -0.363. The highest BCUT2D eigenvalue weighted by molar-refractivity contribution is 5.82. The van der Waals surface area contributed by atoms with Gasteiger partial charge in [0.15, 0.2) is 0 Å². The summed E-state index contributed by atoms with van der Waals surface area (Å²) in [5.74, 6) is -1.00. The molecule has 0 aromatic heterocycles. The summed E-state index contributed by atoms with van der Waals surface area (Å²) in [6.07, 6.45) is 2.56. The number of urea groups is 1. The van der Waals surface area contributed by atoms with Gasteiger partial charge in [-0.15, -0.1) is 0 Å². The third-order valence-electron chi connectivity index (χ3n) is 3.38. The second-order valence-electron chi connectivity index (χ2n) is 4.76. The third kappa shape index (κ3) is 3.09. The quantitative estimate of drug-likeness (QED) is 0.726. The molecule has 17 heavy (non-hydrogen) atoms. The van der Waals surface area contributed by atoms with Crippen LogP contribution in [0.15, 0.2) is 0 Å². The Morgan fingerprint density at radius 3 is 2.29 bits per heavy atom. The Morgan fingerprint density at radius 2 is 1.82 bits per heavy atom. The summed E-state index contributed by atoms with van der Waals surface area (Å²) in [6.45, 7) is 4.66. The summed E-state index contributed by atoms with van der Waals surface area (Å²) < 4.78 is 0. The molecule has 1 heterocycles. The van der Waals surface area contributed by atoms with E-state index >= 15 is 0 Å². The molecule has 0 aromatic rings. The number of carboxylic acid groups (broad SMARTS) is 1. The number of carbonyl (C=O) groups is 2. The molecule has 1 aliphatic heterocycles. The minimum absolute atomic E-state index is 0.268. The van der Waals surface area contributed by atoms with Gasteiger partial charge in [-0.05, 0) is 19.8 Å². The first-order valence-corrected chi connectivity index (χ1v) is 6.10. The van der Waals surface area contributed by atoms with E-state index in [2.05, 4.69) is 10.2 Å². The predicted octanol–water partition coefficient (Wildman–Crippen LogP) is -0.0509. The number of nitrogens with zero attached hydrogens (tertiary/aromatic N) is 2. The number of hydrogen-bond acceptors (Lipinski definition) is 3. The van der Waals surface area contributed by atoms with Gasteiger partial charge in [-0.3, -0.25) is 9.69 Å². The van der Waals surface area contributed by atoms with Crippen molar-refractivity contribution in [2.75, 3.05) is 26.2 Å². The minimum Gasteiger partial charge on any atom is -0.480 e. The van der Waals surface area contributed by atoms with Gasteiger partial charge in [-0.2, -0.15) is 0 Å². The first-order valence-electron chi connectivity index (χ1n) is 6.10. The fourth-order valence-electron chi connectivity index (χ4n) is 2.07. The lowest BCUT2D eigenvalue weighted by Crippen LogP contribution is -2.54. The maximum atomic E-state index is 11.7. The maximum Gasteiger partial charge on any atom is 0.325 e. The van der Waals surface area contributed by atoms with Gasteiger partial charge in [0.1, 0.15) is 6.04 Å². The monoisotopic (exact) mass is 241 g/mol. The summed E-state index contributed by atoms with van der Waals surface area (Å²) in [7, 11) is 0. The van der Waals surface area contributed by atoms with Crippen LogP contribution in [0.1, 0.15) is 19.8 Å². The van der Waals surface area contributed by atoms with E-state index in [4.69, 9.17) is 5.11 Å². The lowest BCUT2D eigenvalue weighted by molar-refractivity contribution is -0.138. The van der Waals surface area contributed by atoms with Crippen molar-refractivity contribution >= 4 is 12.0 Å². The average molecular weight is 241 g/mol. The van der Waals surface area contributed by atoms with E-state index in [1.807, 2.05) is 0 Å². The van der Waals surface area contributed by atoms with Crippen molar-refractivity contribution in [3.05, 3.63) is 0 Å². The Morgan fingerprint density at radius 1 is 1.24 bits per heavy atom. The molecule has 0 aromatic carbocycles. The largest absolute Gasteiger partial charge is 0.480 e. The van der Waals surface area contributed by atoms with Crippen LogP contribution >= 0.6 is 0 Å². The lowest BCUT2D eigenvalue weighted by atomic mass is 10.3. The van der Waals surface area contributed by atoms with Crippen molar-refractivity contribution in [2.45, 2.75) is 31.8 Å². The number of amides is 2. The third-order valence-corrected chi connectivity index (χ3v) is 3.38. The van der Waals surface area contributed by atoms with Gasteiger partial charge < -0.3 is 15.3 Å². The average Bonchev–Trinajstić information content (AvgIpc) is 3.13. The fraction of sp³-hybridized carbons (Fsp3) is 0.818. The predicted molar refractivity (Wildman–Crippen MR) is 61.8 cm³/mol. The smallest absolute Gasteiger partial charge is 0.325 e. The van der Waals surface area contributed by atoms with Crippen LogP contribution in [0.5, 0.6) is 0 Å². The van der Waals surface area contributed by atoms with Crippen molar-refractivity contribution in [1.29, 1.82) is 0 Å². The topological polar surface area (TPSA) is 72.9 Å².